The van der Waals surface area contributed by atoms with E-state index in [1.54, 1.807) is 0 Å². The first-order valence-electron chi connectivity index (χ1n) is 11.2. The number of carbonyl (C=O) groups excluding carboxylic acids is 1. The highest BCUT2D eigenvalue weighted by atomic mass is 32.2. The maximum absolute atomic E-state index is 12.7. The highest BCUT2D eigenvalue weighted by Gasteiger charge is 2.28. The van der Waals surface area contributed by atoms with Crippen molar-refractivity contribution >= 4 is 27.0 Å². The van der Waals surface area contributed by atoms with Crippen molar-refractivity contribution in [2.24, 2.45) is 11.8 Å². The van der Waals surface area contributed by atoms with Gasteiger partial charge in [-0.25, -0.2) is 17.9 Å². The smallest absolute Gasteiger partial charge is 0.408 e. The van der Waals surface area contributed by atoms with Gasteiger partial charge in [0.25, 0.3) is 0 Å². The molecular weight excluding hydrogens is 442 g/mol. The van der Waals surface area contributed by atoms with E-state index in [-0.39, 0.29) is 35.5 Å². The van der Waals surface area contributed by atoms with Crippen LogP contribution in [-0.4, -0.2) is 24.9 Å². The van der Waals surface area contributed by atoms with Crippen LogP contribution in [0.2, 0.25) is 0 Å². The number of fused-ring (bicyclic) bond motifs is 1. The van der Waals surface area contributed by atoms with Crippen LogP contribution in [0.3, 0.4) is 0 Å². The van der Waals surface area contributed by atoms with Gasteiger partial charge in [-0.05, 0) is 36.0 Å². The third kappa shape index (κ3) is 5.20. The van der Waals surface area contributed by atoms with Crippen LogP contribution < -0.4 is 15.8 Å². The van der Waals surface area contributed by atoms with Crippen molar-refractivity contribution in [3.63, 3.8) is 0 Å². The molecule has 0 saturated heterocycles. The zero-order valence-electron chi connectivity index (χ0n) is 18.8. The van der Waals surface area contributed by atoms with E-state index in [1.807, 2.05) is 30.3 Å². The molecule has 33 heavy (non-hydrogen) atoms. The summed E-state index contributed by atoms with van der Waals surface area (Å²) in [5.74, 6) is -0.0435. The van der Waals surface area contributed by atoms with Gasteiger partial charge in [0.15, 0.2) is 5.58 Å². The van der Waals surface area contributed by atoms with Crippen LogP contribution in [0, 0.1) is 11.8 Å². The molecule has 1 aliphatic carbocycles. The molecule has 1 heterocycles. The minimum Gasteiger partial charge on any atom is -0.408 e. The molecule has 176 valence electrons. The molecule has 9 heteroatoms. The second-order valence-electron chi connectivity index (χ2n) is 8.84. The molecule has 0 bridgehead atoms. The van der Waals surface area contributed by atoms with Crippen LogP contribution in [0.4, 0.5) is 0 Å². The predicted molar refractivity (Wildman–Crippen MR) is 125 cm³/mol. The summed E-state index contributed by atoms with van der Waals surface area (Å²) in [6.45, 7) is 4.30. The number of amides is 1. The van der Waals surface area contributed by atoms with Gasteiger partial charge in [-0.1, -0.05) is 57.0 Å². The summed E-state index contributed by atoms with van der Waals surface area (Å²) in [5, 5.41) is 3.05. The number of sulfonamides is 1. The van der Waals surface area contributed by atoms with Gasteiger partial charge >= 0.3 is 5.76 Å². The van der Waals surface area contributed by atoms with Gasteiger partial charge in [0, 0.05) is 18.7 Å². The van der Waals surface area contributed by atoms with Crippen LogP contribution >= 0.6 is 0 Å². The number of rotatable bonds is 7. The summed E-state index contributed by atoms with van der Waals surface area (Å²) in [5.41, 5.74) is 1.32. The minimum atomic E-state index is -3.81. The highest BCUT2D eigenvalue weighted by Crippen LogP contribution is 2.29. The average Bonchev–Trinajstić information content (AvgIpc) is 3.10. The normalized spacial score (nSPS) is 21.2. The zero-order chi connectivity index (χ0) is 23.6. The molecule has 1 aromatic heterocycles. The Balaban J connectivity index is 1.49. The van der Waals surface area contributed by atoms with E-state index in [0.29, 0.717) is 17.4 Å². The van der Waals surface area contributed by atoms with Crippen molar-refractivity contribution in [3.05, 3.63) is 64.6 Å². The van der Waals surface area contributed by atoms with E-state index in [4.69, 9.17) is 4.42 Å². The van der Waals surface area contributed by atoms with E-state index in [2.05, 4.69) is 23.9 Å². The number of hydrogen-bond donors (Lipinski definition) is 2. The molecule has 0 spiro atoms. The topological polar surface area (TPSA) is 110 Å². The Labute approximate surface area is 193 Å². The second kappa shape index (κ2) is 9.52. The van der Waals surface area contributed by atoms with Crippen LogP contribution in [0.15, 0.2) is 62.6 Å². The molecule has 0 aliphatic heterocycles. The Morgan fingerprint density at radius 2 is 1.88 bits per heavy atom. The lowest BCUT2D eigenvalue weighted by atomic mass is 9.78. The minimum absolute atomic E-state index is 0.0127. The first-order valence-corrected chi connectivity index (χ1v) is 12.7. The zero-order valence-corrected chi connectivity index (χ0v) is 19.6. The van der Waals surface area contributed by atoms with E-state index >= 15 is 0 Å². The molecule has 1 amide bonds. The molecule has 3 atom stereocenters. The van der Waals surface area contributed by atoms with Gasteiger partial charge in [0.1, 0.15) is 6.54 Å². The van der Waals surface area contributed by atoms with E-state index in [1.165, 1.54) is 22.8 Å². The molecule has 0 radical (unpaired) electrons. The molecule has 3 aromatic rings. The number of oxazole rings is 1. The van der Waals surface area contributed by atoms with Crippen LogP contribution in [0.5, 0.6) is 0 Å². The molecule has 8 nitrogen and oxygen atoms in total. The molecular formula is C24H29N3O5S. The molecule has 1 saturated carbocycles. The van der Waals surface area contributed by atoms with Gasteiger partial charge in [0.05, 0.1) is 10.4 Å². The van der Waals surface area contributed by atoms with Crippen LogP contribution in [0.25, 0.3) is 11.1 Å². The third-order valence-electron chi connectivity index (χ3n) is 6.61. The predicted octanol–water partition coefficient (Wildman–Crippen LogP) is 3.01. The third-order valence-corrected chi connectivity index (χ3v) is 8.01. The summed E-state index contributed by atoms with van der Waals surface area (Å²) in [6.07, 6.45) is 3.15. The van der Waals surface area contributed by atoms with Gasteiger partial charge in [-0.3, -0.25) is 9.36 Å². The average molecular weight is 472 g/mol. The largest absolute Gasteiger partial charge is 0.420 e. The number of nitrogens with zero attached hydrogens (tertiary/aromatic N) is 1. The lowest BCUT2D eigenvalue weighted by Crippen LogP contribution is -2.45. The molecule has 2 aromatic carbocycles. The Hall–Kier alpha value is -2.91. The first kappa shape index (κ1) is 23.3. The van der Waals surface area contributed by atoms with E-state index in [0.717, 1.165) is 24.8 Å². The van der Waals surface area contributed by atoms with E-state index in [9.17, 15) is 18.0 Å². The fraction of sp³-hybridized carbons (Fsp3) is 0.417. The second-order valence-corrected chi connectivity index (χ2v) is 10.6. The van der Waals surface area contributed by atoms with Crippen LogP contribution in [0.1, 0.15) is 38.7 Å². The maximum Gasteiger partial charge on any atom is 0.420 e. The molecule has 2 N–H and O–H groups in total. The summed E-state index contributed by atoms with van der Waals surface area (Å²) in [6, 6.07) is 13.5. The fourth-order valence-electron chi connectivity index (χ4n) is 4.40. The fourth-order valence-corrected chi connectivity index (χ4v) is 5.44. The van der Waals surface area contributed by atoms with Crippen molar-refractivity contribution in [1.82, 2.24) is 14.6 Å². The summed E-state index contributed by atoms with van der Waals surface area (Å²) in [4.78, 5) is 25.0. The van der Waals surface area contributed by atoms with Crippen molar-refractivity contribution < 1.29 is 17.6 Å². The Morgan fingerprint density at radius 3 is 2.64 bits per heavy atom. The lowest BCUT2D eigenvalue weighted by molar-refractivity contribution is -0.123. The number of aromatic nitrogens is 1. The van der Waals surface area contributed by atoms with Crippen LogP contribution in [-0.2, 0) is 27.9 Å². The quantitative estimate of drug-likeness (QED) is 0.550. The summed E-state index contributed by atoms with van der Waals surface area (Å²) in [7, 11) is -3.81. The Kier molecular flexibility index (Phi) is 6.71. The van der Waals surface area contributed by atoms with Gasteiger partial charge in [0.2, 0.25) is 15.9 Å². The van der Waals surface area contributed by atoms with Crippen molar-refractivity contribution in [1.29, 1.82) is 0 Å². The van der Waals surface area contributed by atoms with Gasteiger partial charge < -0.3 is 9.73 Å². The summed E-state index contributed by atoms with van der Waals surface area (Å²) >= 11 is 0. The number of benzene rings is 2. The van der Waals surface area contributed by atoms with Gasteiger partial charge in [-0.15, -0.1) is 0 Å². The Bertz CT molecular complexity index is 1300. The van der Waals surface area contributed by atoms with Crippen molar-refractivity contribution in [2.75, 3.05) is 0 Å². The standard InChI is InChI=1S/C24H29N3O5S/c1-16-7-6-10-20(17(16)2)26-23(28)15-27-21-12-11-19(13-22(21)32-24(27)29)33(30,31)25-14-18-8-4-3-5-9-18/h3-5,8-9,11-13,16-17,20,25H,6-7,10,14-15H2,1-2H3,(H,26,28)/t16-,17-,20-/m1/s1. The summed E-state index contributed by atoms with van der Waals surface area (Å²) < 4.78 is 34.4. The number of hydrogen-bond acceptors (Lipinski definition) is 5. The number of nitrogens with one attached hydrogen (secondary N) is 2. The molecule has 0 unspecified atom stereocenters. The first-order chi connectivity index (χ1) is 15.7. The highest BCUT2D eigenvalue weighted by molar-refractivity contribution is 7.89. The monoisotopic (exact) mass is 471 g/mol. The van der Waals surface area contributed by atoms with E-state index < -0.39 is 15.8 Å². The molecule has 1 fully saturated rings. The maximum atomic E-state index is 12.7. The molecule has 1 aliphatic rings. The van der Waals surface area contributed by atoms with Gasteiger partial charge in [-0.2, -0.15) is 0 Å². The Morgan fingerprint density at radius 1 is 1.12 bits per heavy atom. The molecule has 4 rings (SSSR count). The number of carbonyl (C=O) groups is 1. The van der Waals surface area contributed by atoms with Crippen molar-refractivity contribution in [2.45, 2.75) is 57.1 Å². The van der Waals surface area contributed by atoms with Crippen molar-refractivity contribution in [3.8, 4) is 0 Å². The lowest BCUT2D eigenvalue weighted by Gasteiger charge is -2.34. The SMILES string of the molecule is C[C@@H]1[C@H](C)CCC[C@H]1NC(=O)Cn1c(=O)oc2cc(S(=O)(=O)NCc3ccccc3)ccc21.